The Labute approximate surface area is 81.5 Å². The van der Waals surface area contributed by atoms with E-state index >= 15 is 0 Å². The highest BCUT2D eigenvalue weighted by molar-refractivity contribution is 5.16. The number of methoxy groups -OCH3 is 1. The van der Waals surface area contributed by atoms with Gasteiger partial charge in [-0.3, -0.25) is 0 Å². The normalized spacial score (nSPS) is 15.2. The second-order valence-corrected chi connectivity index (χ2v) is 3.16. The van der Waals surface area contributed by atoms with Crippen molar-refractivity contribution < 1.29 is 4.74 Å². The third-order valence-corrected chi connectivity index (χ3v) is 2.16. The van der Waals surface area contributed by atoms with Gasteiger partial charge in [-0.2, -0.15) is 0 Å². The molecule has 0 aliphatic heterocycles. The molecule has 0 saturated heterocycles. The molecule has 2 nitrogen and oxygen atoms in total. The van der Waals surface area contributed by atoms with Gasteiger partial charge >= 0.3 is 0 Å². The summed E-state index contributed by atoms with van der Waals surface area (Å²) in [6.45, 7) is 4.13. The molecule has 0 amide bonds. The molecule has 1 unspecified atom stereocenters. The molecule has 13 heavy (non-hydrogen) atoms. The minimum Gasteiger partial charge on any atom is -0.405 e. The maximum Gasteiger partial charge on any atom is 0.0543 e. The Balaban J connectivity index is 3.62. The zero-order valence-corrected chi connectivity index (χ0v) is 8.92. The van der Waals surface area contributed by atoms with Crippen molar-refractivity contribution in [3.05, 3.63) is 23.9 Å². The summed E-state index contributed by atoms with van der Waals surface area (Å²) in [4.78, 5) is 0. The first-order valence-electron chi connectivity index (χ1n) is 4.80. The summed E-state index contributed by atoms with van der Waals surface area (Å²) in [6.07, 6.45) is 9.34. The van der Waals surface area contributed by atoms with Crippen LogP contribution in [-0.2, 0) is 4.74 Å². The molecule has 0 aliphatic carbocycles. The van der Waals surface area contributed by atoms with Crippen molar-refractivity contribution in [2.45, 2.75) is 39.2 Å². The Morgan fingerprint density at radius 1 is 1.54 bits per heavy atom. The van der Waals surface area contributed by atoms with Crippen molar-refractivity contribution in [3.8, 4) is 0 Å². The number of hydrogen-bond acceptors (Lipinski definition) is 2. The molecule has 0 aliphatic rings. The summed E-state index contributed by atoms with van der Waals surface area (Å²) in [6, 6.07) is 0. The number of rotatable bonds is 6. The molecule has 0 spiro atoms. The van der Waals surface area contributed by atoms with Gasteiger partial charge in [-0.05, 0) is 45.4 Å². The molecule has 0 aromatic heterocycles. The maximum atomic E-state index is 5.32. The van der Waals surface area contributed by atoms with Crippen LogP contribution in [0.1, 0.15) is 33.1 Å². The monoisotopic (exact) mass is 183 g/mol. The van der Waals surface area contributed by atoms with Gasteiger partial charge in [0.25, 0.3) is 0 Å². The van der Waals surface area contributed by atoms with Crippen LogP contribution in [0.25, 0.3) is 0 Å². The lowest BCUT2D eigenvalue weighted by Crippen LogP contribution is -2.03. The Morgan fingerprint density at radius 2 is 2.23 bits per heavy atom. The highest BCUT2D eigenvalue weighted by atomic mass is 16.5. The van der Waals surface area contributed by atoms with Gasteiger partial charge in [0.05, 0.1) is 6.10 Å². The van der Waals surface area contributed by atoms with E-state index in [9.17, 15) is 0 Å². The van der Waals surface area contributed by atoms with Gasteiger partial charge in [0, 0.05) is 7.11 Å². The van der Waals surface area contributed by atoms with Crippen molar-refractivity contribution in [2.75, 3.05) is 7.11 Å². The highest BCUT2D eigenvalue weighted by Crippen LogP contribution is 2.10. The molecule has 0 fully saturated rings. The van der Waals surface area contributed by atoms with Crippen molar-refractivity contribution >= 4 is 0 Å². The fraction of sp³-hybridized carbons (Fsp3) is 0.636. The molecule has 0 aromatic rings. The summed E-state index contributed by atoms with van der Waals surface area (Å²) < 4.78 is 5.16. The molecule has 2 heteroatoms. The zero-order valence-electron chi connectivity index (χ0n) is 8.92. The molecule has 0 saturated carbocycles. The summed E-state index contributed by atoms with van der Waals surface area (Å²) >= 11 is 0. The Bertz CT molecular complexity index is 173. The van der Waals surface area contributed by atoms with Crippen LogP contribution >= 0.6 is 0 Å². The van der Waals surface area contributed by atoms with Crippen molar-refractivity contribution in [2.24, 2.45) is 5.73 Å². The number of allylic oxidation sites excluding steroid dienone is 3. The van der Waals surface area contributed by atoms with Crippen molar-refractivity contribution in [3.63, 3.8) is 0 Å². The van der Waals surface area contributed by atoms with Crippen LogP contribution in [0.15, 0.2) is 23.9 Å². The molecule has 0 rings (SSSR count). The predicted octanol–water partition coefficient (Wildman–Crippen LogP) is 2.61. The van der Waals surface area contributed by atoms with Crippen LogP contribution in [-0.4, -0.2) is 13.2 Å². The Hall–Kier alpha value is -0.760. The SMILES string of the molecule is C/C=C(\C=C/N)CCCC(C)OC. The van der Waals surface area contributed by atoms with E-state index in [0.29, 0.717) is 6.10 Å². The smallest absolute Gasteiger partial charge is 0.0543 e. The molecule has 0 aromatic carbocycles. The van der Waals surface area contributed by atoms with E-state index in [0.717, 1.165) is 19.3 Å². The standard InChI is InChI=1S/C11H21NO/c1-4-11(8-9-12)7-5-6-10(2)13-3/h4,8-10H,5-7,12H2,1-3H3/b9-8-,11-4-. The van der Waals surface area contributed by atoms with Gasteiger partial charge in [-0.1, -0.05) is 11.6 Å². The largest absolute Gasteiger partial charge is 0.405 e. The minimum atomic E-state index is 0.361. The van der Waals surface area contributed by atoms with Gasteiger partial charge < -0.3 is 10.5 Å². The number of hydrogen-bond donors (Lipinski definition) is 1. The average molecular weight is 183 g/mol. The molecule has 2 N–H and O–H groups in total. The first-order chi connectivity index (χ1) is 6.24. The molecule has 76 valence electrons. The second-order valence-electron chi connectivity index (χ2n) is 3.16. The lowest BCUT2D eigenvalue weighted by molar-refractivity contribution is 0.109. The van der Waals surface area contributed by atoms with Gasteiger partial charge in [0.2, 0.25) is 0 Å². The molecular formula is C11H21NO. The lowest BCUT2D eigenvalue weighted by atomic mass is 10.1. The third kappa shape index (κ3) is 6.41. The van der Waals surface area contributed by atoms with E-state index in [1.165, 1.54) is 5.57 Å². The second kappa shape index (κ2) is 7.87. The predicted molar refractivity (Wildman–Crippen MR) is 57.4 cm³/mol. The summed E-state index contributed by atoms with van der Waals surface area (Å²) in [5.41, 5.74) is 6.61. The highest BCUT2D eigenvalue weighted by Gasteiger charge is 1.99. The number of nitrogens with two attached hydrogens (primary N) is 1. The Kier molecular flexibility index (Phi) is 7.41. The topological polar surface area (TPSA) is 35.2 Å². The van der Waals surface area contributed by atoms with Gasteiger partial charge in [-0.15, -0.1) is 0 Å². The van der Waals surface area contributed by atoms with Crippen molar-refractivity contribution in [1.82, 2.24) is 0 Å². The maximum absolute atomic E-state index is 5.32. The molecular weight excluding hydrogens is 162 g/mol. The van der Waals surface area contributed by atoms with Crippen LogP contribution in [0.2, 0.25) is 0 Å². The molecule has 0 radical (unpaired) electrons. The third-order valence-electron chi connectivity index (χ3n) is 2.16. The van der Waals surface area contributed by atoms with Crippen LogP contribution in [0.5, 0.6) is 0 Å². The summed E-state index contributed by atoms with van der Waals surface area (Å²) in [5.74, 6) is 0. The molecule has 0 bridgehead atoms. The van der Waals surface area contributed by atoms with Crippen LogP contribution in [0.3, 0.4) is 0 Å². The number of ether oxygens (including phenoxy) is 1. The van der Waals surface area contributed by atoms with E-state index in [4.69, 9.17) is 10.5 Å². The van der Waals surface area contributed by atoms with Crippen LogP contribution in [0, 0.1) is 0 Å². The summed E-state index contributed by atoms with van der Waals surface area (Å²) in [5, 5.41) is 0. The van der Waals surface area contributed by atoms with E-state index < -0.39 is 0 Å². The fourth-order valence-electron chi connectivity index (χ4n) is 1.16. The first kappa shape index (κ1) is 12.2. The first-order valence-corrected chi connectivity index (χ1v) is 4.80. The quantitative estimate of drug-likeness (QED) is 0.642. The van der Waals surface area contributed by atoms with Gasteiger partial charge in [-0.25, -0.2) is 0 Å². The van der Waals surface area contributed by atoms with E-state index in [1.807, 2.05) is 13.0 Å². The molecule has 1 atom stereocenters. The Morgan fingerprint density at radius 3 is 2.69 bits per heavy atom. The van der Waals surface area contributed by atoms with Crippen molar-refractivity contribution in [1.29, 1.82) is 0 Å². The average Bonchev–Trinajstić information content (AvgIpc) is 2.16. The van der Waals surface area contributed by atoms with E-state index in [-0.39, 0.29) is 0 Å². The van der Waals surface area contributed by atoms with Crippen LogP contribution < -0.4 is 5.73 Å². The lowest BCUT2D eigenvalue weighted by Gasteiger charge is -2.08. The van der Waals surface area contributed by atoms with Crippen LogP contribution in [0.4, 0.5) is 0 Å². The van der Waals surface area contributed by atoms with E-state index in [2.05, 4.69) is 13.0 Å². The fourth-order valence-corrected chi connectivity index (χ4v) is 1.16. The van der Waals surface area contributed by atoms with Gasteiger partial charge in [0.15, 0.2) is 0 Å². The van der Waals surface area contributed by atoms with E-state index in [1.54, 1.807) is 13.3 Å². The minimum absolute atomic E-state index is 0.361. The summed E-state index contributed by atoms with van der Waals surface area (Å²) in [7, 11) is 1.75. The van der Waals surface area contributed by atoms with Gasteiger partial charge in [0.1, 0.15) is 0 Å². The molecule has 0 heterocycles. The zero-order chi connectivity index (χ0) is 10.1.